The first kappa shape index (κ1) is 18.7. The van der Waals surface area contributed by atoms with Gasteiger partial charge in [-0.25, -0.2) is 4.79 Å². The summed E-state index contributed by atoms with van der Waals surface area (Å²) in [6.07, 6.45) is -0.617. The number of fused-ring (bicyclic) bond motifs is 2. The highest BCUT2D eigenvalue weighted by atomic mass is 16.5. The lowest BCUT2D eigenvalue weighted by Gasteiger charge is -2.17. The summed E-state index contributed by atoms with van der Waals surface area (Å²) in [4.78, 5) is 25.7. The Bertz CT molecular complexity index is 1160. The first-order valence-electron chi connectivity index (χ1n) is 9.42. The number of aryl methyl sites for hydroxylation is 1. The Morgan fingerprint density at radius 1 is 1.03 bits per heavy atom. The first-order valence-corrected chi connectivity index (χ1v) is 9.42. The van der Waals surface area contributed by atoms with Gasteiger partial charge in [0.1, 0.15) is 5.76 Å². The van der Waals surface area contributed by atoms with Crippen LogP contribution < -0.4 is 5.32 Å². The van der Waals surface area contributed by atoms with E-state index in [1.54, 1.807) is 19.9 Å². The highest BCUT2D eigenvalue weighted by Crippen LogP contribution is 2.29. The molecule has 6 heteroatoms. The largest absolute Gasteiger partial charge is 0.449 e. The van der Waals surface area contributed by atoms with Crippen LogP contribution in [0.5, 0.6) is 0 Å². The molecule has 3 aromatic carbocycles. The van der Waals surface area contributed by atoms with Crippen molar-refractivity contribution >= 4 is 39.2 Å². The molecule has 1 aromatic heterocycles. The van der Waals surface area contributed by atoms with Crippen molar-refractivity contribution in [2.45, 2.75) is 26.4 Å². The second-order valence-electron chi connectivity index (χ2n) is 6.81. The smallest absolute Gasteiger partial charge is 0.340 e. The molecule has 0 saturated carbocycles. The molecule has 0 fully saturated rings. The van der Waals surface area contributed by atoms with Crippen molar-refractivity contribution in [3.8, 4) is 0 Å². The molecule has 146 valence electrons. The van der Waals surface area contributed by atoms with E-state index in [1.807, 2.05) is 54.6 Å². The number of esters is 1. The molecule has 6 nitrogen and oxygen atoms in total. The predicted octanol–water partition coefficient (Wildman–Crippen LogP) is 4.86. The van der Waals surface area contributed by atoms with Gasteiger partial charge < -0.3 is 14.6 Å². The number of rotatable bonds is 5. The molecule has 0 saturated heterocycles. The third-order valence-electron chi connectivity index (χ3n) is 4.77. The van der Waals surface area contributed by atoms with Crippen molar-refractivity contribution in [2.24, 2.45) is 0 Å². The second kappa shape index (κ2) is 7.75. The topological polar surface area (TPSA) is 81.4 Å². The minimum absolute atomic E-state index is 0.289. The number of hydrogen-bond donors (Lipinski definition) is 1. The quantitative estimate of drug-likeness (QED) is 0.390. The SMILES string of the molecule is CCC(OC(=O)c1c2ccccc2cc2ccccc12)C(=O)Nc1cc(C)on1. The van der Waals surface area contributed by atoms with E-state index in [4.69, 9.17) is 9.26 Å². The van der Waals surface area contributed by atoms with Crippen LogP contribution in [-0.4, -0.2) is 23.1 Å². The van der Waals surface area contributed by atoms with E-state index in [0.29, 0.717) is 17.7 Å². The van der Waals surface area contributed by atoms with Crippen molar-refractivity contribution in [3.05, 3.63) is 72.0 Å². The van der Waals surface area contributed by atoms with E-state index in [2.05, 4.69) is 10.5 Å². The van der Waals surface area contributed by atoms with Gasteiger partial charge in [0.05, 0.1) is 5.56 Å². The Kier molecular flexibility index (Phi) is 4.99. The van der Waals surface area contributed by atoms with Gasteiger partial charge in [-0.05, 0) is 41.0 Å². The van der Waals surface area contributed by atoms with Crippen LogP contribution in [-0.2, 0) is 9.53 Å². The van der Waals surface area contributed by atoms with Crippen LogP contribution in [0.4, 0.5) is 5.82 Å². The Balaban J connectivity index is 1.67. The number of benzene rings is 3. The number of nitrogens with zero attached hydrogens (tertiary/aromatic N) is 1. The van der Waals surface area contributed by atoms with Crippen LogP contribution in [0.2, 0.25) is 0 Å². The van der Waals surface area contributed by atoms with Gasteiger partial charge in [0.15, 0.2) is 11.9 Å². The monoisotopic (exact) mass is 388 g/mol. The molecule has 29 heavy (non-hydrogen) atoms. The number of hydrogen-bond acceptors (Lipinski definition) is 5. The number of carbonyl (C=O) groups excluding carboxylic acids is 2. The normalized spacial score (nSPS) is 12.1. The molecule has 0 spiro atoms. The van der Waals surface area contributed by atoms with E-state index in [9.17, 15) is 9.59 Å². The van der Waals surface area contributed by atoms with Crippen molar-refractivity contribution in [1.82, 2.24) is 5.16 Å². The number of aromatic nitrogens is 1. The van der Waals surface area contributed by atoms with Crippen LogP contribution in [0.3, 0.4) is 0 Å². The standard InChI is InChI=1S/C23H20N2O4/c1-3-19(22(26)24-20-12-14(2)29-25-20)28-23(27)21-17-10-6-4-8-15(17)13-16-9-5-7-11-18(16)21/h4-13,19H,3H2,1-2H3,(H,24,25,26). The number of carbonyl (C=O) groups is 2. The van der Waals surface area contributed by atoms with Crippen molar-refractivity contribution in [2.75, 3.05) is 5.32 Å². The van der Waals surface area contributed by atoms with Crippen LogP contribution in [0, 0.1) is 6.92 Å². The highest BCUT2D eigenvalue weighted by Gasteiger charge is 2.25. The van der Waals surface area contributed by atoms with Gasteiger partial charge in [0.25, 0.3) is 5.91 Å². The maximum Gasteiger partial charge on any atom is 0.340 e. The lowest BCUT2D eigenvalue weighted by molar-refractivity contribution is -0.124. The number of ether oxygens (including phenoxy) is 1. The maximum absolute atomic E-state index is 13.2. The van der Waals surface area contributed by atoms with Gasteiger partial charge >= 0.3 is 5.97 Å². The molecule has 4 aromatic rings. The predicted molar refractivity (Wildman–Crippen MR) is 111 cm³/mol. The molecule has 1 amide bonds. The Morgan fingerprint density at radius 3 is 2.21 bits per heavy atom. The fourth-order valence-electron chi connectivity index (χ4n) is 3.38. The fraction of sp³-hybridized carbons (Fsp3) is 0.174. The minimum Gasteiger partial charge on any atom is -0.449 e. The molecular weight excluding hydrogens is 368 g/mol. The van der Waals surface area contributed by atoms with Crippen molar-refractivity contribution < 1.29 is 18.8 Å². The maximum atomic E-state index is 13.2. The van der Waals surface area contributed by atoms with Gasteiger partial charge in [-0.15, -0.1) is 0 Å². The summed E-state index contributed by atoms with van der Waals surface area (Å²) in [5.74, 6) is -0.111. The van der Waals surface area contributed by atoms with Gasteiger partial charge in [-0.3, -0.25) is 4.79 Å². The summed E-state index contributed by atoms with van der Waals surface area (Å²) in [6, 6.07) is 18.9. The number of anilines is 1. The van der Waals surface area contributed by atoms with Gasteiger partial charge in [-0.1, -0.05) is 60.6 Å². The molecule has 0 radical (unpaired) electrons. The van der Waals surface area contributed by atoms with Crippen molar-refractivity contribution in [1.29, 1.82) is 0 Å². The second-order valence-corrected chi connectivity index (χ2v) is 6.81. The minimum atomic E-state index is -0.947. The Hall–Kier alpha value is -3.67. The molecule has 0 bridgehead atoms. The zero-order valence-electron chi connectivity index (χ0n) is 16.1. The van der Waals surface area contributed by atoms with Crippen molar-refractivity contribution in [3.63, 3.8) is 0 Å². The molecule has 1 heterocycles. The summed E-state index contributed by atoms with van der Waals surface area (Å²) in [6.45, 7) is 3.51. The lowest BCUT2D eigenvalue weighted by atomic mass is 9.97. The number of amides is 1. The molecule has 0 aliphatic carbocycles. The molecule has 0 aliphatic rings. The van der Waals surface area contributed by atoms with E-state index in [-0.39, 0.29) is 5.82 Å². The molecule has 1 unspecified atom stereocenters. The van der Waals surface area contributed by atoms with Gasteiger partial charge in [0, 0.05) is 6.07 Å². The average Bonchev–Trinajstić information content (AvgIpc) is 3.14. The van der Waals surface area contributed by atoms with Gasteiger partial charge in [0.2, 0.25) is 0 Å². The Morgan fingerprint density at radius 2 is 1.66 bits per heavy atom. The van der Waals surface area contributed by atoms with E-state index in [0.717, 1.165) is 21.5 Å². The molecule has 1 N–H and O–H groups in total. The zero-order chi connectivity index (χ0) is 20.4. The first-order chi connectivity index (χ1) is 14.1. The number of nitrogens with one attached hydrogen (secondary N) is 1. The van der Waals surface area contributed by atoms with E-state index in [1.165, 1.54) is 0 Å². The third-order valence-corrected chi connectivity index (χ3v) is 4.77. The van der Waals surface area contributed by atoms with E-state index >= 15 is 0 Å². The Labute approximate surface area is 167 Å². The van der Waals surface area contributed by atoms with Gasteiger partial charge in [-0.2, -0.15) is 0 Å². The van der Waals surface area contributed by atoms with Crippen LogP contribution in [0.1, 0.15) is 29.5 Å². The highest BCUT2D eigenvalue weighted by molar-refractivity contribution is 6.17. The summed E-state index contributed by atoms with van der Waals surface area (Å²) in [5, 5.41) is 9.83. The van der Waals surface area contributed by atoms with Crippen LogP contribution in [0.25, 0.3) is 21.5 Å². The average molecular weight is 388 g/mol. The molecule has 1 atom stereocenters. The zero-order valence-corrected chi connectivity index (χ0v) is 16.1. The summed E-state index contributed by atoms with van der Waals surface area (Å²) >= 11 is 0. The lowest BCUT2D eigenvalue weighted by Crippen LogP contribution is -2.32. The molecule has 0 aliphatic heterocycles. The summed E-state index contributed by atoms with van der Waals surface area (Å²) in [7, 11) is 0. The van der Waals surface area contributed by atoms with E-state index < -0.39 is 18.0 Å². The summed E-state index contributed by atoms with van der Waals surface area (Å²) < 4.78 is 10.6. The van der Waals surface area contributed by atoms with Crippen LogP contribution in [0.15, 0.2) is 65.2 Å². The summed E-state index contributed by atoms with van der Waals surface area (Å²) in [5.41, 5.74) is 0.460. The third kappa shape index (κ3) is 3.69. The van der Waals surface area contributed by atoms with Crippen LogP contribution >= 0.6 is 0 Å². The molecule has 4 rings (SSSR count). The molecular formula is C23H20N2O4. The fourth-order valence-corrected chi connectivity index (χ4v) is 3.38.